The number of rotatable bonds is 4. The maximum Gasteiger partial charge on any atom is 0.530 e. The van der Waals surface area contributed by atoms with E-state index < -0.39 is 55.8 Å². The van der Waals surface area contributed by atoms with Gasteiger partial charge in [0.1, 0.15) is 24.6 Å². The van der Waals surface area contributed by atoms with Gasteiger partial charge in [0.2, 0.25) is 5.82 Å². The predicted octanol–water partition coefficient (Wildman–Crippen LogP) is 0.634. The molecule has 0 amide bonds. The van der Waals surface area contributed by atoms with Gasteiger partial charge in [-0.1, -0.05) is 18.2 Å². The number of hydrogen-bond acceptors (Lipinski definition) is 9. The van der Waals surface area contributed by atoms with Crippen molar-refractivity contribution in [3.63, 3.8) is 0 Å². The van der Waals surface area contributed by atoms with Crippen molar-refractivity contribution in [3.05, 3.63) is 62.2 Å². The van der Waals surface area contributed by atoms with Gasteiger partial charge >= 0.3 is 13.5 Å². The predicted molar refractivity (Wildman–Crippen MR) is 97.4 cm³/mol. The molecule has 5 atom stereocenters. The van der Waals surface area contributed by atoms with Crippen LogP contribution < -0.4 is 15.8 Å². The zero-order valence-electron chi connectivity index (χ0n) is 15.9. The topological polar surface area (TPSA) is 149 Å². The fourth-order valence-corrected chi connectivity index (χ4v) is 4.51. The second-order valence-electron chi connectivity index (χ2n) is 7.02. The average Bonchev–Trinajstić information content (AvgIpc) is 2.95. The van der Waals surface area contributed by atoms with Gasteiger partial charge in [-0.3, -0.25) is 23.4 Å². The number of aryl methyl sites for hydroxylation is 1. The molecule has 31 heavy (non-hydrogen) atoms. The van der Waals surface area contributed by atoms with Crippen LogP contribution in [-0.2, 0) is 25.0 Å². The number of alkyl halides is 1. The van der Waals surface area contributed by atoms with Crippen molar-refractivity contribution in [2.24, 2.45) is 0 Å². The zero-order chi connectivity index (χ0) is 22.6. The second kappa shape index (κ2) is 7.62. The van der Waals surface area contributed by atoms with Crippen LogP contribution in [0.1, 0.15) is 17.4 Å². The molecule has 1 aromatic carbocycles. The summed E-state index contributed by atoms with van der Waals surface area (Å²) in [6, 6.07) is 5.10. The molecule has 4 rings (SSSR count). The number of aromatic amines is 1. The molecule has 3 N–H and O–H groups in total. The summed E-state index contributed by atoms with van der Waals surface area (Å²) in [6.45, 7) is 0.325. The number of aliphatic hydroxyl groups is 2. The Morgan fingerprint density at radius 3 is 2.87 bits per heavy atom. The molecule has 2 aliphatic rings. The van der Waals surface area contributed by atoms with Crippen LogP contribution >= 0.6 is 7.82 Å². The number of aromatic nitrogens is 2. The van der Waals surface area contributed by atoms with Crippen molar-refractivity contribution in [1.29, 1.82) is 0 Å². The van der Waals surface area contributed by atoms with Crippen LogP contribution in [0.25, 0.3) is 0 Å². The van der Waals surface area contributed by atoms with Crippen molar-refractivity contribution < 1.29 is 41.9 Å². The molecule has 0 saturated carbocycles. The third-order valence-corrected chi connectivity index (χ3v) is 6.16. The molecule has 0 aliphatic carbocycles. The minimum atomic E-state index is -4.32. The molecule has 1 aromatic heterocycles. The van der Waals surface area contributed by atoms with Gasteiger partial charge in [0.25, 0.3) is 11.4 Å². The quantitative estimate of drug-likeness (QED) is 0.556. The number of halogens is 2. The number of fused-ring (bicyclic) bond motifs is 1. The Morgan fingerprint density at radius 1 is 1.39 bits per heavy atom. The summed E-state index contributed by atoms with van der Waals surface area (Å²) in [4.78, 5) is 24.6. The number of phosphoric ester groups is 1. The van der Waals surface area contributed by atoms with Crippen molar-refractivity contribution in [2.45, 2.75) is 37.8 Å². The van der Waals surface area contributed by atoms with E-state index in [1.807, 2.05) is 0 Å². The summed E-state index contributed by atoms with van der Waals surface area (Å²) in [5.74, 6) is -4.34. The number of H-pyrrole nitrogens is 1. The highest BCUT2D eigenvalue weighted by atomic mass is 31.2. The Hall–Kier alpha value is -2.41. The minimum Gasteiger partial charge on any atom is -0.403 e. The molecule has 0 bridgehead atoms. The fourth-order valence-electron chi connectivity index (χ4n) is 3.22. The number of nitrogens with one attached hydrogen (secondary N) is 1. The second-order valence-corrected chi connectivity index (χ2v) is 8.62. The number of ether oxygens (including phenoxy) is 1. The summed E-state index contributed by atoms with van der Waals surface area (Å²) in [7, 11) is -4.32. The summed E-state index contributed by atoms with van der Waals surface area (Å²) >= 11 is 0. The first-order chi connectivity index (χ1) is 14.5. The van der Waals surface area contributed by atoms with Crippen LogP contribution in [0, 0.1) is 12.7 Å². The lowest BCUT2D eigenvalue weighted by Gasteiger charge is -2.29. The SMILES string of the molecule is Cc1cccc2c1OP(=O)(OC[C@@]1(F)O[C@@H](n3cc(F)c(=O)[nH]c3=O)[C@H](O)[C@@H]1O)OC2. The fraction of sp³-hybridized carbons (Fsp3) is 0.412. The van der Waals surface area contributed by atoms with Gasteiger partial charge in [-0.2, -0.15) is 4.39 Å². The van der Waals surface area contributed by atoms with Crippen molar-refractivity contribution >= 4 is 7.82 Å². The maximum absolute atomic E-state index is 15.2. The monoisotopic (exact) mass is 462 g/mol. The van der Waals surface area contributed by atoms with Crippen molar-refractivity contribution in [1.82, 2.24) is 9.55 Å². The Balaban J connectivity index is 1.53. The Morgan fingerprint density at radius 2 is 2.13 bits per heavy atom. The first-order valence-corrected chi connectivity index (χ1v) is 10.4. The van der Waals surface area contributed by atoms with Gasteiger partial charge in [0.05, 0.1) is 12.8 Å². The number of para-hydroxylation sites is 1. The minimum absolute atomic E-state index is 0.145. The first-order valence-electron chi connectivity index (χ1n) is 8.94. The van der Waals surface area contributed by atoms with Gasteiger partial charge in [0, 0.05) is 5.56 Å². The van der Waals surface area contributed by atoms with Crippen LogP contribution in [0.4, 0.5) is 8.78 Å². The molecule has 1 fully saturated rings. The number of aliphatic hydroxyl groups excluding tert-OH is 2. The lowest BCUT2D eigenvalue weighted by atomic mass is 10.1. The average molecular weight is 462 g/mol. The zero-order valence-corrected chi connectivity index (χ0v) is 16.8. The Labute approximate surface area is 172 Å². The van der Waals surface area contributed by atoms with Crippen LogP contribution in [0.3, 0.4) is 0 Å². The maximum atomic E-state index is 15.2. The summed E-state index contributed by atoms with van der Waals surface area (Å²) in [5.41, 5.74) is -1.32. The third-order valence-electron chi connectivity index (χ3n) is 4.87. The number of phosphoric acid groups is 1. The summed E-state index contributed by atoms with van der Waals surface area (Å²) in [6.07, 6.45) is -5.87. The molecule has 2 aromatic rings. The number of benzene rings is 1. The van der Waals surface area contributed by atoms with Crippen LogP contribution in [0.15, 0.2) is 34.0 Å². The van der Waals surface area contributed by atoms with E-state index in [0.29, 0.717) is 21.9 Å². The van der Waals surface area contributed by atoms with E-state index in [4.69, 9.17) is 18.3 Å². The molecule has 1 saturated heterocycles. The Kier molecular flexibility index (Phi) is 5.36. The Bertz CT molecular complexity index is 1180. The molecule has 1 unspecified atom stereocenters. The van der Waals surface area contributed by atoms with Gasteiger partial charge in [-0.05, 0) is 12.5 Å². The van der Waals surface area contributed by atoms with E-state index in [9.17, 15) is 28.8 Å². The summed E-state index contributed by atoms with van der Waals surface area (Å²) < 4.78 is 62.1. The van der Waals surface area contributed by atoms with E-state index in [1.54, 1.807) is 30.1 Å². The van der Waals surface area contributed by atoms with E-state index in [-0.39, 0.29) is 12.4 Å². The van der Waals surface area contributed by atoms with E-state index >= 15 is 4.39 Å². The van der Waals surface area contributed by atoms with Crippen molar-refractivity contribution in [2.75, 3.05) is 6.61 Å². The standard InChI is InChI=1S/C17H17F2N2O9P/c1-8-3-2-4-9-6-27-31(26,30-12(8)9)28-7-17(19)13(23)11(22)15(29-17)21-5-10(18)14(24)20-16(21)25/h2-5,11,13,15,22-23H,6-7H2,1H3,(H,20,24,25)/t11-,13+,15-,17-,31?/m1/s1. The molecular weight excluding hydrogens is 445 g/mol. The molecular formula is C17H17F2N2O9P. The number of nitrogens with zero attached hydrogens (tertiary/aromatic N) is 1. The lowest BCUT2D eigenvalue weighted by molar-refractivity contribution is -0.205. The van der Waals surface area contributed by atoms with Crippen LogP contribution in [0.5, 0.6) is 5.75 Å². The van der Waals surface area contributed by atoms with Gasteiger partial charge in [-0.15, -0.1) is 0 Å². The molecule has 2 aliphatic heterocycles. The highest BCUT2D eigenvalue weighted by Gasteiger charge is 2.57. The van der Waals surface area contributed by atoms with Crippen molar-refractivity contribution in [3.8, 4) is 5.75 Å². The molecule has 3 heterocycles. The lowest BCUT2D eigenvalue weighted by Crippen LogP contribution is -2.43. The molecule has 14 heteroatoms. The van der Waals surface area contributed by atoms with Gasteiger partial charge in [-0.25, -0.2) is 13.8 Å². The smallest absolute Gasteiger partial charge is 0.403 e. The van der Waals surface area contributed by atoms with E-state index in [0.717, 1.165) is 0 Å². The van der Waals surface area contributed by atoms with Crippen LogP contribution in [-0.4, -0.2) is 44.4 Å². The molecule has 11 nitrogen and oxygen atoms in total. The highest BCUT2D eigenvalue weighted by Crippen LogP contribution is 2.56. The molecule has 0 spiro atoms. The van der Waals surface area contributed by atoms with Gasteiger partial charge < -0.3 is 19.5 Å². The largest absolute Gasteiger partial charge is 0.530 e. The molecule has 168 valence electrons. The first kappa shape index (κ1) is 21.8. The highest BCUT2D eigenvalue weighted by molar-refractivity contribution is 7.49. The van der Waals surface area contributed by atoms with E-state index in [1.165, 1.54) is 0 Å². The summed E-state index contributed by atoms with van der Waals surface area (Å²) in [5, 5.41) is 20.2. The normalized spacial score (nSPS) is 32.5. The molecule has 0 radical (unpaired) electrons. The number of hydrogen-bond donors (Lipinski definition) is 3. The van der Waals surface area contributed by atoms with Crippen LogP contribution in [0.2, 0.25) is 0 Å². The van der Waals surface area contributed by atoms with Gasteiger partial charge in [0.15, 0.2) is 6.23 Å². The third kappa shape index (κ3) is 3.84. The van der Waals surface area contributed by atoms with E-state index in [2.05, 4.69) is 0 Å².